The zero-order chi connectivity index (χ0) is 13.7. The molecule has 0 radical (unpaired) electrons. The van der Waals surface area contributed by atoms with Crippen LogP contribution in [-0.4, -0.2) is 29.5 Å². The van der Waals surface area contributed by atoms with Crippen LogP contribution >= 0.6 is 23.3 Å². The molecule has 2 aromatic rings. The van der Waals surface area contributed by atoms with Gasteiger partial charge in [0.15, 0.2) is 22.5 Å². The summed E-state index contributed by atoms with van der Waals surface area (Å²) in [7, 11) is 3.25. The van der Waals surface area contributed by atoms with Gasteiger partial charge in [0.1, 0.15) is 0 Å². The molecule has 0 spiro atoms. The van der Waals surface area contributed by atoms with Crippen molar-refractivity contribution in [3.63, 3.8) is 0 Å². The minimum Gasteiger partial charge on any atom is -0.493 e. The summed E-state index contributed by atoms with van der Waals surface area (Å²) < 4.78 is 18.4. The summed E-state index contributed by atoms with van der Waals surface area (Å²) in [5.41, 5.74) is 1.14. The molecule has 0 saturated carbocycles. The highest BCUT2D eigenvalue weighted by molar-refractivity contribution is 6.99. The van der Waals surface area contributed by atoms with Crippen molar-refractivity contribution in [2.24, 2.45) is 0 Å². The van der Waals surface area contributed by atoms with Gasteiger partial charge in [-0.25, -0.2) is 0 Å². The number of hydrogen-bond acceptors (Lipinski definition) is 6. The Hall–Kier alpha value is -1.53. The Morgan fingerprint density at radius 1 is 1.21 bits per heavy atom. The van der Waals surface area contributed by atoms with Crippen LogP contribution in [0.5, 0.6) is 11.5 Å². The van der Waals surface area contributed by atoms with Gasteiger partial charge in [-0.1, -0.05) is 17.7 Å². The molecule has 102 valence electrons. The lowest BCUT2D eigenvalue weighted by molar-refractivity contribution is 0.354. The lowest BCUT2D eigenvalue weighted by atomic mass is 10.1. The minimum atomic E-state index is 0.414. The van der Waals surface area contributed by atoms with E-state index in [2.05, 4.69) is 14.1 Å². The van der Waals surface area contributed by atoms with E-state index < -0.39 is 0 Å². The van der Waals surface area contributed by atoms with Crippen LogP contribution in [0, 0.1) is 0 Å². The fraction of sp³-hybridized carbons (Fsp3) is 0.333. The number of nitrogens with zero attached hydrogens (tertiary/aromatic N) is 2. The van der Waals surface area contributed by atoms with Crippen LogP contribution in [0.4, 0.5) is 5.82 Å². The molecule has 1 N–H and O–H groups in total. The van der Waals surface area contributed by atoms with Crippen molar-refractivity contribution < 1.29 is 9.47 Å². The molecule has 0 bridgehead atoms. The molecule has 0 amide bonds. The van der Waals surface area contributed by atoms with Crippen LogP contribution in [0.2, 0.25) is 5.15 Å². The zero-order valence-electron chi connectivity index (χ0n) is 10.6. The molecular weight excluding hydrogens is 286 g/mol. The second-order valence-electron chi connectivity index (χ2n) is 3.77. The maximum atomic E-state index is 5.85. The van der Waals surface area contributed by atoms with E-state index in [1.807, 2.05) is 18.2 Å². The number of nitrogens with one attached hydrogen (secondary N) is 1. The maximum absolute atomic E-state index is 5.85. The summed E-state index contributed by atoms with van der Waals surface area (Å²) in [6.07, 6.45) is 0.828. The first-order valence-electron chi connectivity index (χ1n) is 5.67. The molecular formula is C12H14ClN3O2S. The highest BCUT2D eigenvalue weighted by Crippen LogP contribution is 2.27. The smallest absolute Gasteiger partial charge is 0.186 e. The Morgan fingerprint density at radius 3 is 2.63 bits per heavy atom. The Balaban J connectivity index is 1.94. The molecule has 0 aliphatic heterocycles. The van der Waals surface area contributed by atoms with Crippen LogP contribution in [0.1, 0.15) is 5.56 Å². The molecule has 19 heavy (non-hydrogen) atoms. The first-order chi connectivity index (χ1) is 9.24. The molecule has 0 fully saturated rings. The second kappa shape index (κ2) is 6.58. The van der Waals surface area contributed by atoms with Gasteiger partial charge in [0.2, 0.25) is 0 Å². The number of anilines is 1. The maximum Gasteiger partial charge on any atom is 0.186 e. The molecule has 2 rings (SSSR count). The second-order valence-corrected chi connectivity index (χ2v) is 4.66. The normalized spacial score (nSPS) is 10.3. The number of methoxy groups -OCH3 is 2. The Morgan fingerprint density at radius 2 is 2.00 bits per heavy atom. The summed E-state index contributed by atoms with van der Waals surface area (Å²) in [6.45, 7) is 0.723. The van der Waals surface area contributed by atoms with E-state index in [0.717, 1.165) is 41.8 Å². The molecule has 1 heterocycles. The van der Waals surface area contributed by atoms with E-state index in [1.165, 1.54) is 0 Å². The molecule has 0 atom stereocenters. The van der Waals surface area contributed by atoms with Crippen LogP contribution in [0.3, 0.4) is 0 Å². The van der Waals surface area contributed by atoms with Gasteiger partial charge < -0.3 is 14.8 Å². The summed E-state index contributed by atoms with van der Waals surface area (Å²) in [6, 6.07) is 5.86. The number of halogens is 1. The van der Waals surface area contributed by atoms with Crippen molar-refractivity contribution in [2.75, 3.05) is 26.1 Å². The van der Waals surface area contributed by atoms with E-state index in [1.54, 1.807) is 14.2 Å². The summed E-state index contributed by atoms with van der Waals surface area (Å²) >= 11 is 6.94. The third kappa shape index (κ3) is 3.48. The van der Waals surface area contributed by atoms with Gasteiger partial charge in [0.25, 0.3) is 0 Å². The van der Waals surface area contributed by atoms with Gasteiger partial charge >= 0.3 is 0 Å². The molecule has 5 nitrogen and oxygen atoms in total. The van der Waals surface area contributed by atoms with Gasteiger partial charge in [0, 0.05) is 6.54 Å². The largest absolute Gasteiger partial charge is 0.493 e. The van der Waals surface area contributed by atoms with Gasteiger partial charge in [-0.15, -0.1) is 0 Å². The van der Waals surface area contributed by atoms with Crippen molar-refractivity contribution in [1.29, 1.82) is 0 Å². The summed E-state index contributed by atoms with van der Waals surface area (Å²) in [5, 5.41) is 3.55. The predicted molar refractivity (Wildman–Crippen MR) is 76.7 cm³/mol. The van der Waals surface area contributed by atoms with E-state index in [0.29, 0.717) is 11.0 Å². The van der Waals surface area contributed by atoms with E-state index in [-0.39, 0.29) is 0 Å². The molecule has 7 heteroatoms. The van der Waals surface area contributed by atoms with Gasteiger partial charge in [-0.05, 0) is 24.1 Å². The lowest BCUT2D eigenvalue weighted by Crippen LogP contribution is -2.05. The minimum absolute atomic E-state index is 0.414. The Bertz CT molecular complexity index is 548. The van der Waals surface area contributed by atoms with E-state index in [9.17, 15) is 0 Å². The fourth-order valence-electron chi connectivity index (χ4n) is 1.64. The molecule has 0 aliphatic rings. The average molecular weight is 300 g/mol. The SMILES string of the molecule is COc1ccc(CCNc2nsnc2Cl)cc1OC. The summed E-state index contributed by atoms with van der Waals surface area (Å²) in [4.78, 5) is 0. The quantitative estimate of drug-likeness (QED) is 0.889. The molecule has 1 aromatic heterocycles. The number of aromatic nitrogens is 2. The third-order valence-corrected chi connectivity index (χ3v) is 3.49. The summed E-state index contributed by atoms with van der Waals surface area (Å²) in [5.74, 6) is 2.09. The highest BCUT2D eigenvalue weighted by Gasteiger charge is 2.06. The van der Waals surface area contributed by atoms with E-state index in [4.69, 9.17) is 21.1 Å². The average Bonchev–Trinajstić information content (AvgIpc) is 2.84. The monoisotopic (exact) mass is 299 g/mol. The molecule has 0 aliphatic carbocycles. The van der Waals surface area contributed by atoms with Gasteiger partial charge in [-0.3, -0.25) is 0 Å². The molecule has 1 aromatic carbocycles. The van der Waals surface area contributed by atoms with Crippen molar-refractivity contribution in [3.05, 3.63) is 28.9 Å². The van der Waals surface area contributed by atoms with Crippen LogP contribution in [0.15, 0.2) is 18.2 Å². The fourth-order valence-corrected chi connectivity index (χ4v) is 2.33. The van der Waals surface area contributed by atoms with Crippen LogP contribution in [-0.2, 0) is 6.42 Å². The van der Waals surface area contributed by atoms with Crippen molar-refractivity contribution in [3.8, 4) is 11.5 Å². The van der Waals surface area contributed by atoms with Crippen LogP contribution < -0.4 is 14.8 Å². The number of hydrogen-bond donors (Lipinski definition) is 1. The third-order valence-electron chi connectivity index (χ3n) is 2.60. The van der Waals surface area contributed by atoms with Crippen LogP contribution in [0.25, 0.3) is 0 Å². The highest BCUT2D eigenvalue weighted by atomic mass is 35.5. The van der Waals surface area contributed by atoms with Crippen molar-refractivity contribution in [1.82, 2.24) is 8.75 Å². The number of benzene rings is 1. The first-order valence-corrected chi connectivity index (χ1v) is 6.78. The van der Waals surface area contributed by atoms with Gasteiger partial charge in [-0.2, -0.15) is 8.75 Å². The number of ether oxygens (including phenoxy) is 2. The van der Waals surface area contributed by atoms with Gasteiger partial charge in [0.05, 0.1) is 25.9 Å². The first kappa shape index (κ1) is 13.9. The van der Waals surface area contributed by atoms with Crippen molar-refractivity contribution in [2.45, 2.75) is 6.42 Å². The lowest BCUT2D eigenvalue weighted by Gasteiger charge is -2.09. The van der Waals surface area contributed by atoms with Crippen molar-refractivity contribution >= 4 is 29.1 Å². The Labute approximate surface area is 120 Å². The Kier molecular flexibility index (Phi) is 4.81. The molecule has 0 saturated heterocycles. The standard InChI is InChI=1S/C12H14ClN3O2S/c1-17-9-4-3-8(7-10(9)18-2)5-6-14-12-11(13)15-19-16-12/h3-4,7H,5-6H2,1-2H3,(H,14,16). The predicted octanol–water partition coefficient (Wildman–Crippen LogP) is 2.86. The number of rotatable bonds is 6. The zero-order valence-corrected chi connectivity index (χ0v) is 12.2. The van der Waals surface area contributed by atoms with E-state index >= 15 is 0 Å². The molecule has 0 unspecified atom stereocenters. The topological polar surface area (TPSA) is 56.3 Å².